The zero-order valence-corrected chi connectivity index (χ0v) is 9.15. The highest BCUT2D eigenvalue weighted by Crippen LogP contribution is 2.34. The summed E-state index contributed by atoms with van der Waals surface area (Å²) in [4.78, 5) is 0. The fourth-order valence-electron chi connectivity index (χ4n) is 2.79. The van der Waals surface area contributed by atoms with Crippen LogP contribution in [-0.4, -0.2) is 22.9 Å². The Bertz CT molecular complexity index is 321. The third kappa shape index (κ3) is 1.81. The Balaban J connectivity index is 1.72. The molecule has 1 saturated heterocycles. The van der Waals surface area contributed by atoms with Crippen LogP contribution in [0.5, 0.6) is 0 Å². The largest absolute Gasteiger partial charge is 0.316 e. The smallest absolute Gasteiger partial charge is 0.0492 e. The molecule has 0 spiro atoms. The first-order chi connectivity index (χ1) is 7.43. The first-order valence-corrected chi connectivity index (χ1v) is 6.16. The fourth-order valence-corrected chi connectivity index (χ4v) is 2.79. The number of aromatic nitrogens is 2. The van der Waals surface area contributed by atoms with E-state index in [-0.39, 0.29) is 0 Å². The van der Waals surface area contributed by atoms with Crippen LogP contribution in [0.4, 0.5) is 0 Å². The van der Waals surface area contributed by atoms with E-state index in [4.69, 9.17) is 0 Å². The van der Waals surface area contributed by atoms with Gasteiger partial charge in [0.05, 0.1) is 0 Å². The number of rotatable bonds is 3. The maximum Gasteiger partial charge on any atom is 0.0492 e. The van der Waals surface area contributed by atoms with Crippen molar-refractivity contribution in [3.05, 3.63) is 18.0 Å². The number of hydrogen-bond donors (Lipinski definition) is 1. The van der Waals surface area contributed by atoms with Crippen LogP contribution in [0.1, 0.15) is 37.3 Å². The summed E-state index contributed by atoms with van der Waals surface area (Å²) < 4.78 is 2.25. The molecule has 0 unspecified atom stereocenters. The average Bonchev–Trinajstić information content (AvgIpc) is 2.81. The van der Waals surface area contributed by atoms with Crippen LogP contribution in [0.15, 0.2) is 12.3 Å². The van der Waals surface area contributed by atoms with Crippen molar-refractivity contribution >= 4 is 0 Å². The van der Waals surface area contributed by atoms with Crippen molar-refractivity contribution in [1.82, 2.24) is 15.1 Å². The molecule has 1 aromatic rings. The maximum absolute atomic E-state index is 4.47. The molecular formula is C12H19N3. The lowest BCUT2D eigenvalue weighted by Crippen LogP contribution is -2.44. The number of nitrogens with one attached hydrogen (secondary N) is 1. The van der Waals surface area contributed by atoms with E-state index in [1.165, 1.54) is 44.5 Å². The Labute approximate surface area is 90.9 Å². The first-order valence-electron chi connectivity index (χ1n) is 6.16. The normalized spacial score (nSPS) is 23.2. The van der Waals surface area contributed by atoms with Gasteiger partial charge in [0.25, 0.3) is 0 Å². The van der Waals surface area contributed by atoms with Crippen LogP contribution in [-0.2, 0) is 6.54 Å². The van der Waals surface area contributed by atoms with Gasteiger partial charge in [-0.05, 0) is 18.9 Å². The van der Waals surface area contributed by atoms with E-state index in [1.54, 1.807) is 0 Å². The Morgan fingerprint density at radius 1 is 1.33 bits per heavy atom. The molecule has 0 amide bonds. The summed E-state index contributed by atoms with van der Waals surface area (Å²) in [5, 5.41) is 7.79. The minimum atomic E-state index is 0.792. The van der Waals surface area contributed by atoms with Gasteiger partial charge in [0, 0.05) is 43.4 Å². The summed E-state index contributed by atoms with van der Waals surface area (Å²) in [5.74, 6) is 1.60. The Hall–Kier alpha value is -0.830. The highest BCUT2D eigenvalue weighted by atomic mass is 15.3. The highest BCUT2D eigenvalue weighted by molar-refractivity contribution is 5.09. The maximum atomic E-state index is 4.47. The molecular weight excluding hydrogens is 186 g/mol. The topological polar surface area (TPSA) is 29.9 Å². The van der Waals surface area contributed by atoms with Crippen molar-refractivity contribution in [2.75, 3.05) is 13.1 Å². The molecule has 1 aliphatic carbocycles. The van der Waals surface area contributed by atoms with Gasteiger partial charge < -0.3 is 5.32 Å². The molecule has 1 N–H and O–H groups in total. The minimum Gasteiger partial charge on any atom is -0.316 e. The molecule has 0 bridgehead atoms. The molecule has 15 heavy (non-hydrogen) atoms. The standard InChI is InChI=1S/C12H19N3/c1-2-4-11(3-1)12-5-6-14-15(12)9-10-7-13-8-10/h5-6,10-11,13H,1-4,7-9H2. The first kappa shape index (κ1) is 9.40. The molecule has 0 atom stereocenters. The second-order valence-corrected chi connectivity index (χ2v) is 4.94. The summed E-state index contributed by atoms with van der Waals surface area (Å²) >= 11 is 0. The molecule has 3 nitrogen and oxygen atoms in total. The van der Waals surface area contributed by atoms with E-state index in [0.29, 0.717) is 0 Å². The van der Waals surface area contributed by atoms with Gasteiger partial charge in [0.2, 0.25) is 0 Å². The molecule has 1 aromatic heterocycles. The van der Waals surface area contributed by atoms with E-state index >= 15 is 0 Å². The Morgan fingerprint density at radius 3 is 2.80 bits per heavy atom. The lowest BCUT2D eigenvalue weighted by Gasteiger charge is -2.28. The van der Waals surface area contributed by atoms with E-state index in [1.807, 2.05) is 6.20 Å². The fraction of sp³-hybridized carbons (Fsp3) is 0.750. The molecule has 82 valence electrons. The van der Waals surface area contributed by atoms with Crippen LogP contribution in [0.2, 0.25) is 0 Å². The summed E-state index contributed by atoms with van der Waals surface area (Å²) in [6.07, 6.45) is 7.52. The molecule has 2 aliphatic rings. The van der Waals surface area contributed by atoms with Gasteiger partial charge in [0.15, 0.2) is 0 Å². The Kier molecular flexibility index (Phi) is 2.49. The van der Waals surface area contributed by atoms with Gasteiger partial charge in [-0.2, -0.15) is 5.10 Å². The van der Waals surface area contributed by atoms with E-state index < -0.39 is 0 Å². The second kappa shape index (κ2) is 3.97. The second-order valence-electron chi connectivity index (χ2n) is 4.94. The van der Waals surface area contributed by atoms with E-state index in [0.717, 1.165) is 18.4 Å². The average molecular weight is 205 g/mol. The molecule has 1 aliphatic heterocycles. The SMILES string of the molecule is c1cc(C2CCCC2)n(CC2CNC2)n1. The number of nitrogens with zero attached hydrogens (tertiary/aromatic N) is 2. The van der Waals surface area contributed by atoms with Gasteiger partial charge in [-0.25, -0.2) is 0 Å². The highest BCUT2D eigenvalue weighted by Gasteiger charge is 2.23. The van der Waals surface area contributed by atoms with E-state index in [9.17, 15) is 0 Å². The van der Waals surface area contributed by atoms with Gasteiger partial charge in [0.1, 0.15) is 0 Å². The minimum absolute atomic E-state index is 0.792. The van der Waals surface area contributed by atoms with Gasteiger partial charge in [-0.1, -0.05) is 12.8 Å². The van der Waals surface area contributed by atoms with Crippen molar-refractivity contribution in [3.63, 3.8) is 0 Å². The lowest BCUT2D eigenvalue weighted by molar-refractivity contribution is 0.289. The molecule has 0 radical (unpaired) electrons. The molecule has 1 saturated carbocycles. The van der Waals surface area contributed by atoms with Crippen LogP contribution < -0.4 is 5.32 Å². The molecule has 2 heterocycles. The monoisotopic (exact) mass is 205 g/mol. The molecule has 2 fully saturated rings. The lowest BCUT2D eigenvalue weighted by atomic mass is 10.0. The Morgan fingerprint density at radius 2 is 2.13 bits per heavy atom. The van der Waals surface area contributed by atoms with Crippen molar-refractivity contribution in [2.45, 2.75) is 38.1 Å². The van der Waals surface area contributed by atoms with Crippen LogP contribution >= 0.6 is 0 Å². The summed E-state index contributed by atoms with van der Waals surface area (Å²) in [6.45, 7) is 3.46. The predicted octanol–water partition coefficient (Wildman–Crippen LogP) is 1.76. The summed E-state index contributed by atoms with van der Waals surface area (Å²) in [7, 11) is 0. The van der Waals surface area contributed by atoms with Crippen LogP contribution in [0.25, 0.3) is 0 Å². The van der Waals surface area contributed by atoms with Crippen LogP contribution in [0.3, 0.4) is 0 Å². The molecule has 3 rings (SSSR count). The summed E-state index contributed by atoms with van der Waals surface area (Å²) in [5.41, 5.74) is 1.49. The van der Waals surface area contributed by atoms with Gasteiger partial charge in [-0.15, -0.1) is 0 Å². The third-order valence-corrected chi connectivity index (χ3v) is 3.82. The molecule has 0 aromatic carbocycles. The van der Waals surface area contributed by atoms with Gasteiger partial charge >= 0.3 is 0 Å². The van der Waals surface area contributed by atoms with Crippen molar-refractivity contribution < 1.29 is 0 Å². The zero-order chi connectivity index (χ0) is 10.1. The third-order valence-electron chi connectivity index (χ3n) is 3.82. The number of hydrogen-bond acceptors (Lipinski definition) is 2. The predicted molar refractivity (Wildman–Crippen MR) is 59.8 cm³/mol. The zero-order valence-electron chi connectivity index (χ0n) is 9.15. The van der Waals surface area contributed by atoms with Crippen molar-refractivity contribution in [2.24, 2.45) is 5.92 Å². The van der Waals surface area contributed by atoms with Crippen molar-refractivity contribution in [3.8, 4) is 0 Å². The van der Waals surface area contributed by atoms with Crippen molar-refractivity contribution in [1.29, 1.82) is 0 Å². The summed E-state index contributed by atoms with van der Waals surface area (Å²) in [6, 6.07) is 2.22. The van der Waals surface area contributed by atoms with E-state index in [2.05, 4.69) is 21.2 Å². The molecule has 3 heteroatoms. The van der Waals surface area contributed by atoms with Crippen LogP contribution in [0, 0.1) is 5.92 Å². The van der Waals surface area contributed by atoms with Gasteiger partial charge in [-0.3, -0.25) is 4.68 Å². The quantitative estimate of drug-likeness (QED) is 0.815.